The molecule has 0 radical (unpaired) electrons. The SMILES string of the molecule is O=C(CSc1nnc(-c2ccccc2)o1)NC1CCCCCCC1. The number of aromatic nitrogens is 2. The van der Waals surface area contributed by atoms with Gasteiger partial charge in [0.15, 0.2) is 0 Å². The normalized spacial score (nSPS) is 16.3. The van der Waals surface area contributed by atoms with Crippen LogP contribution in [0.4, 0.5) is 0 Å². The van der Waals surface area contributed by atoms with Crippen LogP contribution in [-0.4, -0.2) is 27.9 Å². The summed E-state index contributed by atoms with van der Waals surface area (Å²) in [7, 11) is 0. The average Bonchev–Trinajstić information content (AvgIpc) is 3.05. The van der Waals surface area contributed by atoms with Crippen LogP contribution in [0.15, 0.2) is 40.0 Å². The van der Waals surface area contributed by atoms with E-state index >= 15 is 0 Å². The molecule has 0 unspecified atom stereocenters. The Hall–Kier alpha value is -1.82. The van der Waals surface area contributed by atoms with Crippen molar-refractivity contribution in [1.82, 2.24) is 15.5 Å². The number of hydrogen-bond acceptors (Lipinski definition) is 5. The van der Waals surface area contributed by atoms with Crippen LogP contribution in [0.25, 0.3) is 11.5 Å². The first-order valence-corrected chi connectivity index (χ1v) is 9.61. The molecule has 1 aromatic carbocycles. The highest BCUT2D eigenvalue weighted by Gasteiger charge is 2.15. The average molecular weight is 345 g/mol. The van der Waals surface area contributed by atoms with Crippen molar-refractivity contribution in [2.75, 3.05) is 5.75 Å². The maximum absolute atomic E-state index is 12.1. The van der Waals surface area contributed by atoms with Crippen molar-refractivity contribution in [3.05, 3.63) is 30.3 Å². The molecule has 0 atom stereocenters. The van der Waals surface area contributed by atoms with Gasteiger partial charge in [-0.15, -0.1) is 10.2 Å². The summed E-state index contributed by atoms with van der Waals surface area (Å²) in [5.74, 6) is 0.843. The third-order valence-corrected chi connectivity index (χ3v) is 5.04. The van der Waals surface area contributed by atoms with Crippen LogP contribution in [0.5, 0.6) is 0 Å². The van der Waals surface area contributed by atoms with Crippen LogP contribution in [0.2, 0.25) is 0 Å². The van der Waals surface area contributed by atoms with Gasteiger partial charge in [0.1, 0.15) is 0 Å². The van der Waals surface area contributed by atoms with Crippen LogP contribution < -0.4 is 5.32 Å². The molecule has 0 saturated heterocycles. The van der Waals surface area contributed by atoms with Gasteiger partial charge in [-0.2, -0.15) is 0 Å². The number of hydrogen-bond donors (Lipinski definition) is 1. The molecule has 6 heteroatoms. The maximum Gasteiger partial charge on any atom is 0.277 e. The minimum Gasteiger partial charge on any atom is -0.411 e. The van der Waals surface area contributed by atoms with Gasteiger partial charge in [-0.3, -0.25) is 4.79 Å². The maximum atomic E-state index is 12.1. The number of carbonyl (C=O) groups excluding carboxylic acids is 1. The molecule has 0 bridgehead atoms. The molecule has 1 amide bonds. The van der Waals surface area contributed by atoms with Gasteiger partial charge in [-0.25, -0.2) is 0 Å². The summed E-state index contributed by atoms with van der Waals surface area (Å²) in [4.78, 5) is 12.1. The summed E-state index contributed by atoms with van der Waals surface area (Å²) in [6.07, 6.45) is 8.50. The van der Waals surface area contributed by atoms with Crippen LogP contribution in [0.3, 0.4) is 0 Å². The highest BCUT2D eigenvalue weighted by atomic mass is 32.2. The molecular formula is C18H23N3O2S. The molecule has 2 aromatic rings. The molecule has 1 N–H and O–H groups in total. The van der Waals surface area contributed by atoms with Gasteiger partial charge in [0.05, 0.1) is 5.75 Å². The van der Waals surface area contributed by atoms with Gasteiger partial charge >= 0.3 is 0 Å². The van der Waals surface area contributed by atoms with Crippen molar-refractivity contribution in [3.8, 4) is 11.5 Å². The van der Waals surface area contributed by atoms with Crippen molar-refractivity contribution in [1.29, 1.82) is 0 Å². The highest BCUT2D eigenvalue weighted by molar-refractivity contribution is 7.99. The lowest BCUT2D eigenvalue weighted by atomic mass is 9.97. The second kappa shape index (κ2) is 8.87. The molecule has 0 spiro atoms. The van der Waals surface area contributed by atoms with E-state index in [9.17, 15) is 4.79 Å². The Morgan fingerprint density at radius 2 is 1.79 bits per heavy atom. The summed E-state index contributed by atoms with van der Waals surface area (Å²) in [6, 6.07) is 9.95. The van der Waals surface area contributed by atoms with Crippen molar-refractivity contribution < 1.29 is 9.21 Å². The fourth-order valence-electron chi connectivity index (χ4n) is 2.96. The van der Waals surface area contributed by atoms with E-state index in [0.29, 0.717) is 22.9 Å². The topological polar surface area (TPSA) is 68.0 Å². The number of nitrogens with one attached hydrogen (secondary N) is 1. The molecule has 1 aromatic heterocycles. The van der Waals surface area contributed by atoms with Crippen molar-refractivity contribution >= 4 is 17.7 Å². The molecular weight excluding hydrogens is 322 g/mol. The second-order valence-corrected chi connectivity index (χ2v) is 7.06. The van der Waals surface area contributed by atoms with E-state index in [1.165, 1.54) is 43.9 Å². The predicted molar refractivity (Wildman–Crippen MR) is 94.7 cm³/mol. The fourth-order valence-corrected chi connectivity index (χ4v) is 3.54. The van der Waals surface area contributed by atoms with Crippen molar-refractivity contribution in [3.63, 3.8) is 0 Å². The Morgan fingerprint density at radius 3 is 2.54 bits per heavy atom. The Labute approximate surface area is 146 Å². The van der Waals surface area contributed by atoms with Crippen LogP contribution in [-0.2, 0) is 4.79 Å². The smallest absolute Gasteiger partial charge is 0.277 e. The summed E-state index contributed by atoms with van der Waals surface area (Å²) >= 11 is 1.29. The van der Waals surface area contributed by atoms with Crippen molar-refractivity contribution in [2.45, 2.75) is 56.2 Å². The first kappa shape index (κ1) is 17.0. The van der Waals surface area contributed by atoms with Gasteiger partial charge in [-0.05, 0) is 25.0 Å². The van der Waals surface area contributed by atoms with E-state index in [4.69, 9.17) is 4.42 Å². The third-order valence-electron chi connectivity index (χ3n) is 4.22. The predicted octanol–water partition coefficient (Wildman–Crippen LogP) is 4.06. The van der Waals surface area contributed by atoms with E-state index in [-0.39, 0.29) is 5.91 Å². The number of thioether (sulfide) groups is 1. The molecule has 0 aliphatic heterocycles. The summed E-state index contributed by atoms with van der Waals surface area (Å²) in [6.45, 7) is 0. The fraction of sp³-hybridized carbons (Fsp3) is 0.500. The molecule has 1 fully saturated rings. The highest BCUT2D eigenvalue weighted by Crippen LogP contribution is 2.23. The van der Waals surface area contributed by atoms with E-state index in [0.717, 1.165) is 18.4 Å². The lowest BCUT2D eigenvalue weighted by Crippen LogP contribution is -2.36. The van der Waals surface area contributed by atoms with Gasteiger partial charge in [0.2, 0.25) is 11.8 Å². The van der Waals surface area contributed by atoms with Crippen LogP contribution in [0, 0.1) is 0 Å². The second-order valence-electron chi connectivity index (χ2n) is 6.14. The van der Waals surface area contributed by atoms with E-state index in [1.807, 2.05) is 30.3 Å². The molecule has 3 rings (SSSR count). The molecule has 5 nitrogen and oxygen atoms in total. The van der Waals surface area contributed by atoms with E-state index in [2.05, 4.69) is 15.5 Å². The summed E-state index contributed by atoms with van der Waals surface area (Å²) in [5.41, 5.74) is 0.885. The Kier molecular flexibility index (Phi) is 6.29. The Bertz CT molecular complexity index is 637. The van der Waals surface area contributed by atoms with Gasteiger partial charge in [-0.1, -0.05) is 62.1 Å². The minimum atomic E-state index is 0.0463. The zero-order valence-corrected chi connectivity index (χ0v) is 14.6. The third kappa shape index (κ3) is 5.09. The zero-order valence-electron chi connectivity index (χ0n) is 13.7. The molecule has 1 aliphatic carbocycles. The van der Waals surface area contributed by atoms with Crippen molar-refractivity contribution in [2.24, 2.45) is 0 Å². The number of amides is 1. The molecule has 1 heterocycles. The minimum absolute atomic E-state index is 0.0463. The van der Waals surface area contributed by atoms with Crippen LogP contribution >= 0.6 is 11.8 Å². The zero-order chi connectivity index (χ0) is 16.6. The largest absolute Gasteiger partial charge is 0.411 e. The standard InChI is InChI=1S/C18H23N3O2S/c22-16(19-15-11-7-2-1-3-8-12-15)13-24-18-21-20-17(23-18)14-9-5-4-6-10-14/h4-6,9-10,15H,1-3,7-8,11-13H2,(H,19,22). The monoisotopic (exact) mass is 345 g/mol. The first-order valence-electron chi connectivity index (χ1n) is 8.62. The number of rotatable bonds is 5. The molecule has 24 heavy (non-hydrogen) atoms. The van der Waals surface area contributed by atoms with Gasteiger partial charge < -0.3 is 9.73 Å². The summed E-state index contributed by atoms with van der Waals surface area (Å²) < 4.78 is 5.61. The van der Waals surface area contributed by atoms with Gasteiger partial charge in [0, 0.05) is 11.6 Å². The van der Waals surface area contributed by atoms with E-state index in [1.54, 1.807) is 0 Å². The number of benzene rings is 1. The number of nitrogens with zero attached hydrogens (tertiary/aromatic N) is 2. The molecule has 1 aliphatic rings. The van der Waals surface area contributed by atoms with Crippen LogP contribution in [0.1, 0.15) is 44.9 Å². The quantitative estimate of drug-likeness (QED) is 0.828. The lowest BCUT2D eigenvalue weighted by molar-refractivity contribution is -0.119. The first-order chi connectivity index (χ1) is 11.8. The van der Waals surface area contributed by atoms with E-state index < -0.39 is 0 Å². The summed E-state index contributed by atoms with van der Waals surface area (Å²) in [5, 5.41) is 11.6. The Morgan fingerprint density at radius 1 is 1.08 bits per heavy atom. The Balaban J connectivity index is 1.47. The van der Waals surface area contributed by atoms with Gasteiger partial charge in [0.25, 0.3) is 5.22 Å². The lowest BCUT2D eigenvalue weighted by Gasteiger charge is -2.20. The number of carbonyl (C=O) groups is 1. The molecule has 128 valence electrons. The molecule has 1 saturated carbocycles.